The van der Waals surface area contributed by atoms with Crippen molar-refractivity contribution in [3.63, 3.8) is 0 Å². The zero-order valence-corrected chi connectivity index (χ0v) is 16.4. The van der Waals surface area contributed by atoms with Gasteiger partial charge in [0.15, 0.2) is 0 Å². The summed E-state index contributed by atoms with van der Waals surface area (Å²) < 4.78 is 0. The average Bonchev–Trinajstić information content (AvgIpc) is 2.53. The van der Waals surface area contributed by atoms with Crippen molar-refractivity contribution in [3.8, 4) is 0 Å². The van der Waals surface area contributed by atoms with E-state index in [0.717, 1.165) is 32.6 Å². The van der Waals surface area contributed by atoms with Gasteiger partial charge in [0.25, 0.3) is 0 Å². The first-order valence-corrected chi connectivity index (χ1v) is 9.88. The lowest BCUT2D eigenvalue weighted by Gasteiger charge is -2.36. The first kappa shape index (κ1) is 20.2. The summed E-state index contributed by atoms with van der Waals surface area (Å²) in [5.74, 6) is 1.49. The van der Waals surface area contributed by atoms with Crippen LogP contribution in [0.4, 0.5) is 0 Å². The monoisotopic (exact) mass is 352 g/mol. The largest absolute Gasteiger partial charge is 0.353 e. The molecule has 1 heterocycles. The fourth-order valence-electron chi connectivity index (χ4n) is 3.92. The Labute approximate surface area is 152 Å². The lowest BCUT2D eigenvalue weighted by atomic mass is 9.78. The highest BCUT2D eigenvalue weighted by Crippen LogP contribution is 2.29. The maximum absolute atomic E-state index is 12.4. The third-order valence-corrected chi connectivity index (χ3v) is 5.70. The van der Waals surface area contributed by atoms with E-state index in [1.54, 1.807) is 0 Å². The van der Waals surface area contributed by atoms with Crippen molar-refractivity contribution in [2.75, 3.05) is 39.3 Å². The summed E-state index contributed by atoms with van der Waals surface area (Å²) in [7, 11) is 0. The van der Waals surface area contributed by atoms with Crippen molar-refractivity contribution in [2.45, 2.75) is 59.0 Å². The van der Waals surface area contributed by atoms with E-state index in [1.807, 2.05) is 13.8 Å². The van der Waals surface area contributed by atoms with Gasteiger partial charge in [0, 0.05) is 38.3 Å². The van der Waals surface area contributed by atoms with Crippen LogP contribution < -0.4 is 10.6 Å². The molecule has 3 atom stereocenters. The minimum atomic E-state index is 0.0848. The van der Waals surface area contributed by atoms with E-state index in [2.05, 4.69) is 34.3 Å². The summed E-state index contributed by atoms with van der Waals surface area (Å²) in [5, 5.41) is 6.18. The molecule has 1 saturated carbocycles. The highest BCUT2D eigenvalue weighted by atomic mass is 16.2. The van der Waals surface area contributed by atoms with Crippen LogP contribution in [0.1, 0.15) is 47.0 Å². The number of piperazine rings is 1. The van der Waals surface area contributed by atoms with E-state index >= 15 is 0 Å². The van der Waals surface area contributed by atoms with Crippen LogP contribution in [0, 0.1) is 11.8 Å². The zero-order valence-electron chi connectivity index (χ0n) is 16.4. The lowest BCUT2D eigenvalue weighted by Crippen LogP contribution is -2.53. The molecule has 0 bridgehead atoms. The second-order valence-corrected chi connectivity index (χ2v) is 8.22. The Morgan fingerprint density at radius 3 is 2.08 bits per heavy atom. The van der Waals surface area contributed by atoms with Gasteiger partial charge < -0.3 is 10.6 Å². The number of rotatable bonds is 6. The predicted molar refractivity (Wildman–Crippen MR) is 100 cm³/mol. The van der Waals surface area contributed by atoms with Crippen LogP contribution in [0.25, 0.3) is 0 Å². The second kappa shape index (κ2) is 9.53. The topological polar surface area (TPSA) is 64.7 Å². The number of carbonyl (C=O) groups excluding carboxylic acids is 2. The van der Waals surface area contributed by atoms with Crippen molar-refractivity contribution in [2.24, 2.45) is 11.8 Å². The Balaban J connectivity index is 1.67. The number of carbonyl (C=O) groups is 2. The van der Waals surface area contributed by atoms with Gasteiger partial charge in [-0.2, -0.15) is 0 Å². The zero-order chi connectivity index (χ0) is 18.4. The van der Waals surface area contributed by atoms with E-state index in [9.17, 15) is 9.59 Å². The standard InChI is InChI=1S/C19H36N4O2/c1-14(2)20-18(24)12-22-8-10-23(11-9-22)13-19(25)21-17-7-5-6-15(3)16(17)4/h14-17H,5-13H2,1-4H3,(H,20,24)(H,21,25). The summed E-state index contributed by atoms with van der Waals surface area (Å²) in [6, 6.07) is 0.514. The van der Waals surface area contributed by atoms with Crippen LogP contribution in [-0.4, -0.2) is 73.0 Å². The summed E-state index contributed by atoms with van der Waals surface area (Å²) in [5.41, 5.74) is 0. The molecule has 25 heavy (non-hydrogen) atoms. The lowest BCUT2D eigenvalue weighted by molar-refractivity contribution is -0.126. The third-order valence-electron chi connectivity index (χ3n) is 5.70. The fraction of sp³-hybridized carbons (Fsp3) is 0.895. The normalized spacial score (nSPS) is 28.8. The van der Waals surface area contributed by atoms with Gasteiger partial charge in [-0.25, -0.2) is 0 Å². The molecule has 0 radical (unpaired) electrons. The second-order valence-electron chi connectivity index (χ2n) is 8.22. The first-order valence-electron chi connectivity index (χ1n) is 9.88. The van der Waals surface area contributed by atoms with Crippen LogP contribution in [0.15, 0.2) is 0 Å². The molecule has 1 aliphatic heterocycles. The van der Waals surface area contributed by atoms with Gasteiger partial charge in [-0.15, -0.1) is 0 Å². The van der Waals surface area contributed by atoms with Gasteiger partial charge in [-0.3, -0.25) is 19.4 Å². The first-order chi connectivity index (χ1) is 11.8. The van der Waals surface area contributed by atoms with Crippen molar-refractivity contribution < 1.29 is 9.59 Å². The molecule has 2 N–H and O–H groups in total. The quantitative estimate of drug-likeness (QED) is 0.751. The van der Waals surface area contributed by atoms with E-state index in [-0.39, 0.29) is 17.9 Å². The molecule has 1 saturated heterocycles. The Bertz CT molecular complexity index is 447. The molecule has 0 aromatic heterocycles. The fourth-order valence-corrected chi connectivity index (χ4v) is 3.92. The molecule has 2 fully saturated rings. The number of hydrogen-bond acceptors (Lipinski definition) is 4. The van der Waals surface area contributed by atoms with Crippen molar-refractivity contribution in [1.82, 2.24) is 20.4 Å². The third kappa shape index (κ3) is 6.59. The van der Waals surface area contributed by atoms with E-state index in [4.69, 9.17) is 0 Å². The number of nitrogens with one attached hydrogen (secondary N) is 2. The Morgan fingerprint density at radius 2 is 1.52 bits per heavy atom. The van der Waals surface area contributed by atoms with Crippen molar-refractivity contribution in [3.05, 3.63) is 0 Å². The molecule has 144 valence electrons. The van der Waals surface area contributed by atoms with Crippen LogP contribution in [0.5, 0.6) is 0 Å². The molecular formula is C19H36N4O2. The smallest absolute Gasteiger partial charge is 0.234 e. The summed E-state index contributed by atoms with van der Waals surface area (Å²) in [6.07, 6.45) is 3.60. The number of nitrogens with zero attached hydrogens (tertiary/aromatic N) is 2. The average molecular weight is 353 g/mol. The molecule has 2 amide bonds. The van der Waals surface area contributed by atoms with Crippen LogP contribution in [0.3, 0.4) is 0 Å². The molecule has 6 nitrogen and oxygen atoms in total. The molecule has 6 heteroatoms. The van der Waals surface area contributed by atoms with Gasteiger partial charge in [0.1, 0.15) is 0 Å². The molecule has 0 spiro atoms. The number of amides is 2. The van der Waals surface area contributed by atoms with E-state index in [1.165, 1.54) is 12.8 Å². The van der Waals surface area contributed by atoms with Gasteiger partial charge in [0.05, 0.1) is 13.1 Å². The Morgan fingerprint density at radius 1 is 0.960 bits per heavy atom. The molecule has 2 rings (SSSR count). The minimum Gasteiger partial charge on any atom is -0.353 e. The summed E-state index contributed by atoms with van der Waals surface area (Å²) in [4.78, 5) is 28.6. The van der Waals surface area contributed by atoms with Crippen LogP contribution >= 0.6 is 0 Å². The molecule has 0 aromatic carbocycles. The van der Waals surface area contributed by atoms with Gasteiger partial charge in [0.2, 0.25) is 11.8 Å². The molecule has 1 aliphatic carbocycles. The highest BCUT2D eigenvalue weighted by molar-refractivity contribution is 5.79. The molecule has 2 aliphatic rings. The maximum atomic E-state index is 12.4. The predicted octanol–water partition coefficient (Wildman–Crippen LogP) is 1.07. The van der Waals surface area contributed by atoms with E-state index < -0.39 is 0 Å². The minimum absolute atomic E-state index is 0.0848. The van der Waals surface area contributed by atoms with Crippen LogP contribution in [-0.2, 0) is 9.59 Å². The SMILES string of the molecule is CC(C)NC(=O)CN1CCN(CC(=O)NC2CCCC(C)C2C)CC1. The molecule has 0 aromatic rings. The van der Waals surface area contributed by atoms with Crippen molar-refractivity contribution >= 4 is 11.8 Å². The van der Waals surface area contributed by atoms with Gasteiger partial charge >= 0.3 is 0 Å². The number of hydrogen-bond donors (Lipinski definition) is 2. The van der Waals surface area contributed by atoms with Gasteiger partial charge in [-0.1, -0.05) is 26.7 Å². The summed E-state index contributed by atoms with van der Waals surface area (Å²) >= 11 is 0. The molecular weight excluding hydrogens is 316 g/mol. The summed E-state index contributed by atoms with van der Waals surface area (Å²) in [6.45, 7) is 12.8. The Hall–Kier alpha value is -1.14. The molecule has 3 unspecified atom stereocenters. The van der Waals surface area contributed by atoms with E-state index in [0.29, 0.717) is 31.0 Å². The van der Waals surface area contributed by atoms with Crippen molar-refractivity contribution in [1.29, 1.82) is 0 Å². The Kier molecular flexibility index (Phi) is 7.69. The maximum Gasteiger partial charge on any atom is 0.234 e. The van der Waals surface area contributed by atoms with Crippen LogP contribution in [0.2, 0.25) is 0 Å². The highest BCUT2D eigenvalue weighted by Gasteiger charge is 2.29. The van der Waals surface area contributed by atoms with Gasteiger partial charge in [-0.05, 0) is 32.1 Å².